The predicted octanol–water partition coefficient (Wildman–Crippen LogP) is 2.56. The van der Waals surface area contributed by atoms with Crippen molar-refractivity contribution in [3.8, 4) is 11.8 Å². The molecule has 0 aliphatic rings. The third-order valence-electron chi connectivity index (χ3n) is 1.55. The van der Waals surface area contributed by atoms with Crippen molar-refractivity contribution in [2.45, 2.75) is 20.3 Å². The molecule has 0 atom stereocenters. The number of rotatable bonds is 1. The van der Waals surface area contributed by atoms with E-state index >= 15 is 0 Å². The van der Waals surface area contributed by atoms with Crippen molar-refractivity contribution in [1.29, 1.82) is 0 Å². The van der Waals surface area contributed by atoms with E-state index in [1.165, 1.54) is 11.1 Å². The van der Waals surface area contributed by atoms with Crippen molar-refractivity contribution < 1.29 is 0 Å². The zero-order chi connectivity index (χ0) is 8.10. The maximum atomic E-state index is 3.04. The Morgan fingerprint density at radius 2 is 2.18 bits per heavy atom. The Hall–Kier alpha value is -1.22. The minimum Gasteiger partial charge on any atom is -0.106 e. The third kappa shape index (κ3) is 2.47. The molecule has 11 heavy (non-hydrogen) atoms. The van der Waals surface area contributed by atoms with E-state index in [-0.39, 0.29) is 0 Å². The van der Waals surface area contributed by atoms with Gasteiger partial charge in [-0.05, 0) is 19.4 Å². The molecule has 0 heterocycles. The molecule has 0 aliphatic carbocycles. The molecule has 1 rings (SSSR count). The summed E-state index contributed by atoms with van der Waals surface area (Å²) >= 11 is 0. The Morgan fingerprint density at radius 3 is 2.82 bits per heavy atom. The summed E-state index contributed by atoms with van der Waals surface area (Å²) < 4.78 is 0. The van der Waals surface area contributed by atoms with Crippen LogP contribution in [0.5, 0.6) is 0 Å². The summed E-state index contributed by atoms with van der Waals surface area (Å²) in [7, 11) is 0. The summed E-state index contributed by atoms with van der Waals surface area (Å²) in [4.78, 5) is 0. The maximum Gasteiger partial charge on any atom is 0.0340 e. The molecule has 0 fully saturated rings. The van der Waals surface area contributed by atoms with Crippen LogP contribution in [-0.4, -0.2) is 0 Å². The van der Waals surface area contributed by atoms with Crippen LogP contribution in [0, 0.1) is 18.8 Å². The minimum absolute atomic E-state index is 0.873. The Bertz CT molecular complexity index is 286. The van der Waals surface area contributed by atoms with E-state index in [1.807, 2.05) is 6.92 Å². The molecule has 56 valence electrons. The van der Waals surface area contributed by atoms with Crippen LogP contribution in [0.25, 0.3) is 0 Å². The third-order valence-corrected chi connectivity index (χ3v) is 1.55. The fourth-order valence-corrected chi connectivity index (χ4v) is 1.01. The summed E-state index contributed by atoms with van der Waals surface area (Å²) in [5, 5.41) is 0. The highest BCUT2D eigenvalue weighted by atomic mass is 13.9. The summed E-state index contributed by atoms with van der Waals surface area (Å²) in [6.45, 7) is 3.97. The average molecular weight is 144 g/mol. The predicted molar refractivity (Wildman–Crippen MR) is 48.3 cm³/mol. The number of benzene rings is 1. The maximum absolute atomic E-state index is 3.04. The van der Waals surface area contributed by atoms with Crippen LogP contribution in [0.1, 0.15) is 18.1 Å². The summed E-state index contributed by atoms with van der Waals surface area (Å²) in [6.07, 6.45) is 0.873. The molecule has 0 unspecified atom stereocenters. The van der Waals surface area contributed by atoms with E-state index in [0.29, 0.717) is 0 Å². The lowest BCUT2D eigenvalue weighted by Crippen LogP contribution is -1.81. The van der Waals surface area contributed by atoms with Crippen LogP contribution in [0.2, 0.25) is 0 Å². The minimum atomic E-state index is 0.873. The van der Waals surface area contributed by atoms with E-state index in [0.717, 1.165) is 6.42 Å². The first-order valence-corrected chi connectivity index (χ1v) is 3.78. The normalized spacial score (nSPS) is 8.55. The fourth-order valence-electron chi connectivity index (χ4n) is 1.01. The molecule has 0 bridgehead atoms. The van der Waals surface area contributed by atoms with Gasteiger partial charge < -0.3 is 0 Å². The van der Waals surface area contributed by atoms with Crippen LogP contribution in [-0.2, 0) is 6.42 Å². The van der Waals surface area contributed by atoms with Gasteiger partial charge in [0.25, 0.3) is 0 Å². The van der Waals surface area contributed by atoms with Gasteiger partial charge in [0.15, 0.2) is 0 Å². The number of hydrogen-bond donors (Lipinski definition) is 0. The second kappa shape index (κ2) is 3.83. The number of hydrogen-bond acceptors (Lipinski definition) is 0. The largest absolute Gasteiger partial charge is 0.106 e. The SMILES string of the molecule is CC#CCc1cccc(C)c1. The highest BCUT2D eigenvalue weighted by Crippen LogP contribution is 2.03. The molecule has 1 aromatic carbocycles. The quantitative estimate of drug-likeness (QED) is 0.531. The van der Waals surface area contributed by atoms with Crippen LogP contribution in [0.4, 0.5) is 0 Å². The molecule has 0 amide bonds. The fraction of sp³-hybridized carbons (Fsp3) is 0.273. The molecule has 0 radical (unpaired) electrons. The first kappa shape index (κ1) is 7.88. The molecule has 1 aromatic rings. The zero-order valence-electron chi connectivity index (χ0n) is 7.02. The van der Waals surface area contributed by atoms with Crippen LogP contribution >= 0.6 is 0 Å². The van der Waals surface area contributed by atoms with Gasteiger partial charge in [0.05, 0.1) is 0 Å². The Balaban J connectivity index is 2.76. The second-order valence-electron chi connectivity index (χ2n) is 2.59. The Morgan fingerprint density at radius 1 is 1.36 bits per heavy atom. The Kier molecular flexibility index (Phi) is 2.74. The topological polar surface area (TPSA) is 0 Å². The zero-order valence-corrected chi connectivity index (χ0v) is 7.02. The average Bonchev–Trinajstić information content (AvgIpc) is 2.01. The van der Waals surface area contributed by atoms with E-state index in [9.17, 15) is 0 Å². The van der Waals surface area contributed by atoms with Gasteiger partial charge in [0.2, 0.25) is 0 Å². The molecule has 0 saturated carbocycles. The van der Waals surface area contributed by atoms with Crippen molar-refractivity contribution in [2.24, 2.45) is 0 Å². The molecule has 0 heteroatoms. The first-order valence-electron chi connectivity index (χ1n) is 3.78. The Labute approximate surface area is 68.3 Å². The van der Waals surface area contributed by atoms with Gasteiger partial charge in [0.1, 0.15) is 0 Å². The van der Waals surface area contributed by atoms with E-state index in [2.05, 4.69) is 43.0 Å². The summed E-state index contributed by atoms with van der Waals surface area (Å²) in [5.74, 6) is 5.93. The molecule has 0 N–H and O–H groups in total. The first-order chi connectivity index (χ1) is 5.33. The van der Waals surface area contributed by atoms with Gasteiger partial charge in [0, 0.05) is 6.42 Å². The molecule has 0 aromatic heterocycles. The molecule has 0 aliphatic heterocycles. The van der Waals surface area contributed by atoms with Crippen molar-refractivity contribution in [3.63, 3.8) is 0 Å². The molecule has 0 spiro atoms. The van der Waals surface area contributed by atoms with Crippen molar-refractivity contribution in [2.75, 3.05) is 0 Å². The standard InChI is InChI=1S/C11H12/c1-3-4-7-11-8-5-6-10(2)9-11/h5-6,8-9H,7H2,1-2H3. The molecular weight excluding hydrogens is 132 g/mol. The smallest absolute Gasteiger partial charge is 0.0340 e. The lowest BCUT2D eigenvalue weighted by Gasteiger charge is -1.95. The molecular formula is C11H12. The van der Waals surface area contributed by atoms with Crippen molar-refractivity contribution in [1.82, 2.24) is 0 Å². The molecule has 0 saturated heterocycles. The van der Waals surface area contributed by atoms with Gasteiger partial charge >= 0.3 is 0 Å². The number of aryl methyl sites for hydroxylation is 1. The van der Waals surface area contributed by atoms with Crippen LogP contribution < -0.4 is 0 Å². The van der Waals surface area contributed by atoms with Crippen molar-refractivity contribution >= 4 is 0 Å². The van der Waals surface area contributed by atoms with Crippen LogP contribution in [0.15, 0.2) is 24.3 Å². The summed E-state index contributed by atoms with van der Waals surface area (Å²) in [5.41, 5.74) is 2.61. The second-order valence-corrected chi connectivity index (χ2v) is 2.59. The monoisotopic (exact) mass is 144 g/mol. The van der Waals surface area contributed by atoms with Gasteiger partial charge in [-0.1, -0.05) is 35.7 Å². The van der Waals surface area contributed by atoms with Gasteiger partial charge in [-0.15, -0.1) is 5.92 Å². The highest BCUT2D eigenvalue weighted by molar-refractivity contribution is 5.25. The lowest BCUT2D eigenvalue weighted by atomic mass is 10.1. The highest BCUT2D eigenvalue weighted by Gasteiger charge is 1.88. The van der Waals surface area contributed by atoms with Gasteiger partial charge in [-0.25, -0.2) is 0 Å². The van der Waals surface area contributed by atoms with E-state index in [1.54, 1.807) is 0 Å². The lowest BCUT2D eigenvalue weighted by molar-refractivity contribution is 1.29. The van der Waals surface area contributed by atoms with Gasteiger partial charge in [-0.3, -0.25) is 0 Å². The van der Waals surface area contributed by atoms with Crippen LogP contribution in [0.3, 0.4) is 0 Å². The van der Waals surface area contributed by atoms with Gasteiger partial charge in [-0.2, -0.15) is 0 Å². The molecule has 0 nitrogen and oxygen atoms in total. The van der Waals surface area contributed by atoms with E-state index in [4.69, 9.17) is 0 Å². The van der Waals surface area contributed by atoms with E-state index < -0.39 is 0 Å². The summed E-state index contributed by atoms with van der Waals surface area (Å²) in [6, 6.07) is 8.45. The van der Waals surface area contributed by atoms with Crippen molar-refractivity contribution in [3.05, 3.63) is 35.4 Å².